The van der Waals surface area contributed by atoms with Crippen molar-refractivity contribution in [3.8, 4) is 11.1 Å². The Morgan fingerprint density at radius 2 is 1.88 bits per heavy atom. The second-order valence-electron chi connectivity index (χ2n) is 4.54. The number of carbonyl (C=O) groups is 1. The van der Waals surface area contributed by atoms with E-state index in [1.54, 1.807) is 0 Å². The van der Waals surface area contributed by atoms with Gasteiger partial charge in [0.25, 0.3) is 0 Å². The summed E-state index contributed by atoms with van der Waals surface area (Å²) in [5.41, 5.74) is 6.14. The standard InChI is InChI=1S/C16H14O/c17-11-12-4-1-7-14(10-12)16-9-3-6-13-5-2-8-15(13)16/h1,3-4,6-7,9-11H,2,5,8H2. The highest BCUT2D eigenvalue weighted by molar-refractivity contribution is 5.80. The Balaban J connectivity index is 2.15. The van der Waals surface area contributed by atoms with E-state index in [2.05, 4.69) is 24.3 Å². The molecule has 0 fully saturated rings. The molecule has 2 aromatic carbocycles. The fraction of sp³-hybridized carbons (Fsp3) is 0.188. The van der Waals surface area contributed by atoms with Crippen molar-refractivity contribution in [2.24, 2.45) is 0 Å². The zero-order valence-corrected chi connectivity index (χ0v) is 9.65. The predicted molar refractivity (Wildman–Crippen MR) is 69.3 cm³/mol. The topological polar surface area (TPSA) is 17.1 Å². The van der Waals surface area contributed by atoms with E-state index < -0.39 is 0 Å². The molecule has 3 rings (SSSR count). The Morgan fingerprint density at radius 3 is 2.76 bits per heavy atom. The molecule has 1 aliphatic carbocycles. The molecule has 0 spiro atoms. The van der Waals surface area contributed by atoms with Gasteiger partial charge in [-0.2, -0.15) is 0 Å². The molecule has 0 saturated heterocycles. The monoisotopic (exact) mass is 222 g/mol. The van der Waals surface area contributed by atoms with E-state index in [9.17, 15) is 4.79 Å². The van der Waals surface area contributed by atoms with Gasteiger partial charge in [0.05, 0.1) is 0 Å². The van der Waals surface area contributed by atoms with Gasteiger partial charge >= 0.3 is 0 Å². The van der Waals surface area contributed by atoms with E-state index in [0.717, 1.165) is 23.8 Å². The summed E-state index contributed by atoms with van der Waals surface area (Å²) >= 11 is 0. The van der Waals surface area contributed by atoms with Crippen molar-refractivity contribution in [1.82, 2.24) is 0 Å². The van der Waals surface area contributed by atoms with Crippen LogP contribution in [0.15, 0.2) is 42.5 Å². The zero-order valence-electron chi connectivity index (χ0n) is 9.65. The fourth-order valence-corrected chi connectivity index (χ4v) is 2.67. The summed E-state index contributed by atoms with van der Waals surface area (Å²) in [6, 6.07) is 14.4. The minimum Gasteiger partial charge on any atom is -0.298 e. The first-order valence-electron chi connectivity index (χ1n) is 6.05. The van der Waals surface area contributed by atoms with Gasteiger partial charge < -0.3 is 0 Å². The van der Waals surface area contributed by atoms with E-state index in [-0.39, 0.29) is 0 Å². The Labute approximate surface area is 101 Å². The van der Waals surface area contributed by atoms with E-state index in [1.165, 1.54) is 29.5 Å². The number of benzene rings is 2. The maximum absolute atomic E-state index is 10.8. The molecule has 2 aromatic rings. The highest BCUT2D eigenvalue weighted by atomic mass is 16.1. The molecule has 0 unspecified atom stereocenters. The second kappa shape index (κ2) is 4.17. The highest BCUT2D eigenvalue weighted by Gasteiger charge is 2.15. The first-order chi connectivity index (χ1) is 8.38. The minimum absolute atomic E-state index is 0.748. The van der Waals surface area contributed by atoms with Crippen LogP contribution in [0.3, 0.4) is 0 Å². The van der Waals surface area contributed by atoms with Crippen molar-refractivity contribution >= 4 is 6.29 Å². The van der Waals surface area contributed by atoms with Gasteiger partial charge in [-0.05, 0) is 47.6 Å². The predicted octanol–water partition coefficient (Wildman–Crippen LogP) is 3.65. The molecule has 0 N–H and O–H groups in total. The largest absolute Gasteiger partial charge is 0.298 e. The molecule has 0 atom stereocenters. The third-order valence-electron chi connectivity index (χ3n) is 3.48. The van der Waals surface area contributed by atoms with Gasteiger partial charge in [-0.25, -0.2) is 0 Å². The maximum atomic E-state index is 10.8. The van der Waals surface area contributed by atoms with Crippen molar-refractivity contribution in [2.45, 2.75) is 19.3 Å². The van der Waals surface area contributed by atoms with Crippen LogP contribution < -0.4 is 0 Å². The Hall–Kier alpha value is -1.89. The second-order valence-corrected chi connectivity index (χ2v) is 4.54. The molecule has 0 aromatic heterocycles. The first-order valence-corrected chi connectivity index (χ1v) is 6.05. The molecular formula is C16H14O. The van der Waals surface area contributed by atoms with Gasteiger partial charge in [0, 0.05) is 5.56 Å². The lowest BCUT2D eigenvalue weighted by molar-refractivity contribution is 0.112. The number of hydrogen-bond acceptors (Lipinski definition) is 1. The normalized spacial score (nSPS) is 13.4. The molecule has 0 bridgehead atoms. The van der Waals surface area contributed by atoms with E-state index in [1.807, 2.05) is 18.2 Å². The molecule has 0 heterocycles. The number of aryl methyl sites for hydroxylation is 1. The van der Waals surface area contributed by atoms with Crippen molar-refractivity contribution in [3.63, 3.8) is 0 Å². The molecule has 0 amide bonds. The van der Waals surface area contributed by atoms with Crippen LogP contribution in [-0.4, -0.2) is 6.29 Å². The van der Waals surface area contributed by atoms with Crippen LogP contribution in [0.2, 0.25) is 0 Å². The molecule has 1 aliphatic rings. The number of fused-ring (bicyclic) bond motifs is 1. The van der Waals surface area contributed by atoms with Crippen molar-refractivity contribution in [2.75, 3.05) is 0 Å². The molecule has 1 nitrogen and oxygen atoms in total. The molecule has 0 aliphatic heterocycles. The fourth-order valence-electron chi connectivity index (χ4n) is 2.67. The molecular weight excluding hydrogens is 208 g/mol. The number of hydrogen-bond donors (Lipinski definition) is 0. The summed E-state index contributed by atoms with van der Waals surface area (Å²) in [7, 11) is 0. The maximum Gasteiger partial charge on any atom is 0.150 e. The quantitative estimate of drug-likeness (QED) is 0.709. The van der Waals surface area contributed by atoms with Gasteiger partial charge in [0.1, 0.15) is 6.29 Å². The Morgan fingerprint density at radius 1 is 1.00 bits per heavy atom. The van der Waals surface area contributed by atoms with Crippen LogP contribution in [0.25, 0.3) is 11.1 Å². The van der Waals surface area contributed by atoms with Crippen LogP contribution >= 0.6 is 0 Å². The minimum atomic E-state index is 0.748. The van der Waals surface area contributed by atoms with E-state index >= 15 is 0 Å². The summed E-state index contributed by atoms with van der Waals surface area (Å²) < 4.78 is 0. The lowest BCUT2D eigenvalue weighted by atomic mass is 9.96. The van der Waals surface area contributed by atoms with Crippen molar-refractivity contribution in [3.05, 3.63) is 59.2 Å². The molecule has 0 saturated carbocycles. The van der Waals surface area contributed by atoms with Crippen LogP contribution in [0.1, 0.15) is 27.9 Å². The molecule has 0 radical (unpaired) electrons. The van der Waals surface area contributed by atoms with Gasteiger partial charge in [0.15, 0.2) is 0 Å². The third kappa shape index (κ3) is 1.78. The van der Waals surface area contributed by atoms with Crippen molar-refractivity contribution in [1.29, 1.82) is 0 Å². The first kappa shape index (κ1) is 10.3. The Bertz CT molecular complexity index is 569. The number of aldehydes is 1. The molecule has 1 heteroatoms. The zero-order chi connectivity index (χ0) is 11.7. The third-order valence-corrected chi connectivity index (χ3v) is 3.48. The van der Waals surface area contributed by atoms with E-state index in [4.69, 9.17) is 0 Å². The summed E-state index contributed by atoms with van der Waals surface area (Å²) in [5, 5.41) is 0. The highest BCUT2D eigenvalue weighted by Crippen LogP contribution is 2.32. The lowest BCUT2D eigenvalue weighted by Crippen LogP contribution is -1.89. The van der Waals surface area contributed by atoms with Crippen molar-refractivity contribution < 1.29 is 4.79 Å². The van der Waals surface area contributed by atoms with Crippen LogP contribution in [0.5, 0.6) is 0 Å². The van der Waals surface area contributed by atoms with Crippen LogP contribution in [-0.2, 0) is 12.8 Å². The van der Waals surface area contributed by atoms with E-state index in [0.29, 0.717) is 0 Å². The average molecular weight is 222 g/mol. The summed E-state index contributed by atoms with van der Waals surface area (Å²) in [5.74, 6) is 0. The smallest absolute Gasteiger partial charge is 0.150 e. The summed E-state index contributed by atoms with van der Waals surface area (Å²) in [6.45, 7) is 0. The van der Waals surface area contributed by atoms with Gasteiger partial charge in [-0.15, -0.1) is 0 Å². The SMILES string of the molecule is O=Cc1cccc(-c2cccc3c2CCC3)c1. The number of rotatable bonds is 2. The van der Waals surface area contributed by atoms with Gasteiger partial charge in [-0.3, -0.25) is 4.79 Å². The number of carbonyl (C=O) groups excluding carboxylic acids is 1. The summed E-state index contributed by atoms with van der Waals surface area (Å²) in [4.78, 5) is 10.8. The molecule has 84 valence electrons. The van der Waals surface area contributed by atoms with Gasteiger partial charge in [0.2, 0.25) is 0 Å². The molecule has 17 heavy (non-hydrogen) atoms. The summed E-state index contributed by atoms with van der Waals surface area (Å²) in [6.07, 6.45) is 4.51. The Kier molecular flexibility index (Phi) is 2.52. The van der Waals surface area contributed by atoms with Gasteiger partial charge in [-0.1, -0.05) is 36.4 Å². The van der Waals surface area contributed by atoms with Crippen LogP contribution in [0.4, 0.5) is 0 Å². The average Bonchev–Trinajstić information content (AvgIpc) is 2.87. The van der Waals surface area contributed by atoms with Crippen LogP contribution in [0, 0.1) is 0 Å². The lowest BCUT2D eigenvalue weighted by Gasteiger charge is -2.08.